The first kappa shape index (κ1) is 21.8. The van der Waals surface area contributed by atoms with Crippen molar-refractivity contribution in [3.8, 4) is 28.7 Å². The Morgan fingerprint density at radius 1 is 0.710 bits per heavy atom. The van der Waals surface area contributed by atoms with Crippen LogP contribution in [0.1, 0.15) is 15.9 Å². The minimum absolute atomic E-state index is 0.243. The standard InChI is InChI=1S/C24H25NO6/c1-27-19-7-9-20(10-8-19)31-15-17-13-16(5-11-21(17)28-2)24(26)25-18-6-12-22(29-3)23(14-18)30-4/h5-14H,15H2,1-4H3,(H,25,26). The molecule has 1 amide bonds. The first-order chi connectivity index (χ1) is 15.1. The van der Waals surface area contributed by atoms with E-state index in [2.05, 4.69) is 5.32 Å². The third kappa shape index (κ3) is 5.39. The van der Waals surface area contributed by atoms with Gasteiger partial charge in [0.1, 0.15) is 23.9 Å². The maximum atomic E-state index is 12.8. The van der Waals surface area contributed by atoms with Gasteiger partial charge < -0.3 is 29.0 Å². The Morgan fingerprint density at radius 2 is 1.35 bits per heavy atom. The second-order valence-corrected chi connectivity index (χ2v) is 6.51. The molecule has 1 N–H and O–H groups in total. The van der Waals surface area contributed by atoms with Gasteiger partial charge in [0.15, 0.2) is 11.5 Å². The van der Waals surface area contributed by atoms with Crippen LogP contribution in [0, 0.1) is 0 Å². The van der Waals surface area contributed by atoms with Crippen molar-refractivity contribution >= 4 is 11.6 Å². The van der Waals surface area contributed by atoms with E-state index in [4.69, 9.17) is 23.7 Å². The molecular weight excluding hydrogens is 398 g/mol. The number of hydrogen-bond donors (Lipinski definition) is 1. The van der Waals surface area contributed by atoms with Gasteiger partial charge in [0.2, 0.25) is 0 Å². The second-order valence-electron chi connectivity index (χ2n) is 6.51. The Morgan fingerprint density at radius 3 is 2.00 bits per heavy atom. The van der Waals surface area contributed by atoms with Crippen LogP contribution < -0.4 is 29.0 Å². The second kappa shape index (κ2) is 10.2. The van der Waals surface area contributed by atoms with Crippen LogP contribution in [0.25, 0.3) is 0 Å². The molecule has 0 aliphatic rings. The van der Waals surface area contributed by atoms with Gasteiger partial charge in [-0.1, -0.05) is 0 Å². The SMILES string of the molecule is COc1ccc(OCc2cc(C(=O)Nc3ccc(OC)c(OC)c3)ccc2OC)cc1. The maximum Gasteiger partial charge on any atom is 0.255 e. The average molecular weight is 423 g/mol. The van der Waals surface area contributed by atoms with Gasteiger partial charge >= 0.3 is 0 Å². The van der Waals surface area contributed by atoms with Crippen LogP contribution in [0.15, 0.2) is 60.7 Å². The van der Waals surface area contributed by atoms with Crippen molar-refractivity contribution in [2.45, 2.75) is 6.61 Å². The van der Waals surface area contributed by atoms with Crippen LogP contribution in [-0.2, 0) is 6.61 Å². The van der Waals surface area contributed by atoms with Crippen LogP contribution >= 0.6 is 0 Å². The highest BCUT2D eigenvalue weighted by Crippen LogP contribution is 2.30. The highest BCUT2D eigenvalue weighted by Gasteiger charge is 2.13. The maximum absolute atomic E-state index is 12.8. The summed E-state index contributed by atoms with van der Waals surface area (Å²) in [4.78, 5) is 12.8. The van der Waals surface area contributed by atoms with Crippen LogP contribution in [0.3, 0.4) is 0 Å². The number of nitrogens with one attached hydrogen (secondary N) is 1. The molecule has 0 saturated heterocycles. The monoisotopic (exact) mass is 423 g/mol. The quantitative estimate of drug-likeness (QED) is 0.544. The number of carbonyl (C=O) groups excluding carboxylic acids is 1. The van der Waals surface area contributed by atoms with Crippen molar-refractivity contribution in [1.29, 1.82) is 0 Å². The van der Waals surface area contributed by atoms with Gasteiger partial charge in [-0.25, -0.2) is 0 Å². The molecule has 0 bridgehead atoms. The minimum atomic E-state index is -0.263. The van der Waals surface area contributed by atoms with E-state index in [1.54, 1.807) is 64.8 Å². The van der Waals surface area contributed by atoms with Gasteiger partial charge in [-0.15, -0.1) is 0 Å². The predicted molar refractivity (Wildman–Crippen MR) is 118 cm³/mol. The zero-order valence-corrected chi connectivity index (χ0v) is 17.9. The number of carbonyl (C=O) groups is 1. The molecule has 3 aromatic rings. The molecule has 31 heavy (non-hydrogen) atoms. The Bertz CT molecular complexity index is 1030. The molecule has 0 unspecified atom stereocenters. The minimum Gasteiger partial charge on any atom is -0.497 e. The Balaban J connectivity index is 1.74. The number of rotatable bonds is 9. The fourth-order valence-electron chi connectivity index (χ4n) is 2.98. The van der Waals surface area contributed by atoms with E-state index in [1.165, 1.54) is 0 Å². The summed E-state index contributed by atoms with van der Waals surface area (Å²) in [6.45, 7) is 0.243. The summed E-state index contributed by atoms with van der Waals surface area (Å²) in [6.07, 6.45) is 0. The highest BCUT2D eigenvalue weighted by molar-refractivity contribution is 6.04. The Kier molecular flexibility index (Phi) is 7.22. The highest BCUT2D eigenvalue weighted by atomic mass is 16.5. The first-order valence-electron chi connectivity index (χ1n) is 9.55. The fourth-order valence-corrected chi connectivity index (χ4v) is 2.98. The molecule has 0 saturated carbocycles. The molecule has 162 valence electrons. The third-order valence-electron chi connectivity index (χ3n) is 4.64. The lowest BCUT2D eigenvalue weighted by atomic mass is 10.1. The number of benzene rings is 3. The zero-order valence-electron chi connectivity index (χ0n) is 17.9. The summed E-state index contributed by atoms with van der Waals surface area (Å²) in [5.74, 6) is 2.92. The number of ether oxygens (including phenoxy) is 5. The normalized spacial score (nSPS) is 10.2. The van der Waals surface area contributed by atoms with Crippen LogP contribution in [-0.4, -0.2) is 34.3 Å². The molecule has 0 aromatic heterocycles. The van der Waals surface area contributed by atoms with E-state index in [0.717, 1.165) is 11.3 Å². The summed E-state index contributed by atoms with van der Waals surface area (Å²) >= 11 is 0. The summed E-state index contributed by atoms with van der Waals surface area (Å²) in [6, 6.07) is 17.7. The zero-order chi connectivity index (χ0) is 22.2. The summed E-state index contributed by atoms with van der Waals surface area (Å²) in [5.41, 5.74) is 1.82. The van der Waals surface area contributed by atoms with E-state index in [-0.39, 0.29) is 12.5 Å². The Hall–Kier alpha value is -3.87. The lowest BCUT2D eigenvalue weighted by Crippen LogP contribution is -2.13. The molecule has 0 aliphatic heterocycles. The van der Waals surface area contributed by atoms with E-state index in [0.29, 0.717) is 34.2 Å². The van der Waals surface area contributed by atoms with E-state index in [9.17, 15) is 4.79 Å². The van der Waals surface area contributed by atoms with Crippen LogP contribution in [0.5, 0.6) is 28.7 Å². The molecule has 0 heterocycles. The van der Waals surface area contributed by atoms with Crippen molar-refractivity contribution in [2.75, 3.05) is 33.8 Å². The van der Waals surface area contributed by atoms with Gasteiger partial charge in [-0.05, 0) is 54.6 Å². The molecule has 7 nitrogen and oxygen atoms in total. The molecular formula is C24H25NO6. The van der Waals surface area contributed by atoms with Gasteiger partial charge in [-0.3, -0.25) is 4.79 Å². The van der Waals surface area contributed by atoms with Gasteiger partial charge in [0.05, 0.1) is 28.4 Å². The van der Waals surface area contributed by atoms with Crippen molar-refractivity contribution in [1.82, 2.24) is 0 Å². The largest absolute Gasteiger partial charge is 0.497 e. The van der Waals surface area contributed by atoms with Crippen molar-refractivity contribution in [3.05, 3.63) is 71.8 Å². The Labute approximate surface area is 181 Å². The fraction of sp³-hybridized carbons (Fsp3) is 0.208. The smallest absolute Gasteiger partial charge is 0.255 e. The number of methoxy groups -OCH3 is 4. The molecule has 0 spiro atoms. The van der Waals surface area contributed by atoms with Crippen LogP contribution in [0.2, 0.25) is 0 Å². The molecule has 0 fully saturated rings. The van der Waals surface area contributed by atoms with E-state index < -0.39 is 0 Å². The predicted octanol–water partition coefficient (Wildman–Crippen LogP) is 4.55. The van der Waals surface area contributed by atoms with Gasteiger partial charge in [0, 0.05) is 22.9 Å². The number of hydrogen-bond acceptors (Lipinski definition) is 6. The lowest BCUT2D eigenvalue weighted by molar-refractivity contribution is 0.102. The topological polar surface area (TPSA) is 75.3 Å². The summed E-state index contributed by atoms with van der Waals surface area (Å²) < 4.78 is 26.9. The summed E-state index contributed by atoms with van der Waals surface area (Å²) in [5, 5.41) is 2.87. The molecule has 7 heteroatoms. The van der Waals surface area contributed by atoms with Crippen molar-refractivity contribution in [3.63, 3.8) is 0 Å². The summed E-state index contributed by atoms with van der Waals surface area (Å²) in [7, 11) is 6.29. The molecule has 3 rings (SSSR count). The van der Waals surface area contributed by atoms with Gasteiger partial charge in [0.25, 0.3) is 5.91 Å². The average Bonchev–Trinajstić information content (AvgIpc) is 2.82. The van der Waals surface area contributed by atoms with Crippen molar-refractivity contribution < 1.29 is 28.5 Å². The third-order valence-corrected chi connectivity index (χ3v) is 4.64. The molecule has 3 aromatic carbocycles. The van der Waals surface area contributed by atoms with E-state index >= 15 is 0 Å². The molecule has 0 radical (unpaired) electrons. The first-order valence-corrected chi connectivity index (χ1v) is 9.55. The van der Waals surface area contributed by atoms with E-state index in [1.807, 2.05) is 24.3 Å². The number of anilines is 1. The van der Waals surface area contributed by atoms with Gasteiger partial charge in [-0.2, -0.15) is 0 Å². The molecule has 0 atom stereocenters. The van der Waals surface area contributed by atoms with Crippen LogP contribution in [0.4, 0.5) is 5.69 Å². The lowest BCUT2D eigenvalue weighted by Gasteiger charge is -2.13. The molecule has 0 aliphatic carbocycles. The van der Waals surface area contributed by atoms with Crippen molar-refractivity contribution in [2.24, 2.45) is 0 Å². The number of amides is 1.